The summed E-state index contributed by atoms with van der Waals surface area (Å²) < 4.78 is 0. The van der Waals surface area contributed by atoms with E-state index >= 15 is 0 Å². The van der Waals surface area contributed by atoms with Crippen LogP contribution in [0.25, 0.3) is 0 Å². The van der Waals surface area contributed by atoms with Crippen molar-refractivity contribution in [1.82, 2.24) is 10.6 Å². The predicted octanol–water partition coefficient (Wildman–Crippen LogP) is 1.98. The van der Waals surface area contributed by atoms with E-state index in [0.717, 1.165) is 13.0 Å². The highest BCUT2D eigenvalue weighted by Gasteiger charge is 2.24. The Kier molecular flexibility index (Phi) is 5.70. The number of nitrogens with zero attached hydrogens (tertiary/aromatic N) is 2. The number of carbonyl (C=O) groups is 2. The predicted molar refractivity (Wildman–Crippen MR) is 106 cm³/mol. The van der Waals surface area contributed by atoms with E-state index in [9.17, 15) is 19.7 Å². The number of hydrogen-bond donors (Lipinski definition) is 2. The summed E-state index contributed by atoms with van der Waals surface area (Å²) in [5.41, 5.74) is 0.896. The Balaban J connectivity index is 1.94. The van der Waals surface area contributed by atoms with Gasteiger partial charge in [0.15, 0.2) is 5.78 Å². The SMILES string of the molecule is CN(C)c1ccc(C(=O)c2ccccc2C(=O)NC2CCNC2)cc1[N+](=O)[O-]. The van der Waals surface area contributed by atoms with Crippen molar-refractivity contribution in [3.05, 3.63) is 69.3 Å². The molecule has 1 saturated heterocycles. The lowest BCUT2D eigenvalue weighted by molar-refractivity contribution is -0.384. The molecule has 0 spiro atoms. The van der Waals surface area contributed by atoms with E-state index in [-0.39, 0.29) is 34.3 Å². The Morgan fingerprint density at radius 2 is 1.89 bits per heavy atom. The molecule has 2 aromatic rings. The molecule has 1 unspecified atom stereocenters. The zero-order chi connectivity index (χ0) is 20.3. The van der Waals surface area contributed by atoms with Gasteiger partial charge in [0.25, 0.3) is 11.6 Å². The first-order valence-corrected chi connectivity index (χ1v) is 8.99. The molecular formula is C20H22N4O4. The lowest BCUT2D eigenvalue weighted by atomic mass is 9.97. The van der Waals surface area contributed by atoms with E-state index in [0.29, 0.717) is 12.2 Å². The number of hydrogen-bond acceptors (Lipinski definition) is 6. The molecule has 146 valence electrons. The number of benzene rings is 2. The summed E-state index contributed by atoms with van der Waals surface area (Å²) in [5.74, 6) is -0.749. The largest absolute Gasteiger partial charge is 0.372 e. The number of anilines is 1. The number of rotatable bonds is 6. The number of nitro groups is 1. The third-order valence-corrected chi connectivity index (χ3v) is 4.73. The molecule has 0 aromatic heterocycles. The van der Waals surface area contributed by atoms with Crippen LogP contribution in [0.4, 0.5) is 11.4 Å². The van der Waals surface area contributed by atoms with E-state index in [2.05, 4.69) is 10.6 Å². The maximum Gasteiger partial charge on any atom is 0.293 e. The Hall–Kier alpha value is -3.26. The van der Waals surface area contributed by atoms with E-state index < -0.39 is 10.7 Å². The fourth-order valence-corrected chi connectivity index (χ4v) is 3.26. The van der Waals surface area contributed by atoms with Crippen LogP contribution in [0.5, 0.6) is 0 Å². The number of ketones is 1. The third kappa shape index (κ3) is 4.01. The van der Waals surface area contributed by atoms with Crippen LogP contribution in [0.15, 0.2) is 42.5 Å². The normalized spacial score (nSPS) is 15.9. The average molecular weight is 382 g/mol. The maximum atomic E-state index is 13.0. The maximum absolute atomic E-state index is 13.0. The Morgan fingerprint density at radius 3 is 2.50 bits per heavy atom. The fraction of sp³-hybridized carbons (Fsp3) is 0.300. The van der Waals surface area contributed by atoms with Gasteiger partial charge in [0.05, 0.1) is 10.5 Å². The van der Waals surface area contributed by atoms with Crippen LogP contribution < -0.4 is 15.5 Å². The van der Waals surface area contributed by atoms with Gasteiger partial charge < -0.3 is 15.5 Å². The van der Waals surface area contributed by atoms with Gasteiger partial charge in [0.2, 0.25) is 0 Å². The summed E-state index contributed by atoms with van der Waals surface area (Å²) >= 11 is 0. The van der Waals surface area contributed by atoms with Gasteiger partial charge in [0.1, 0.15) is 5.69 Å². The van der Waals surface area contributed by atoms with Crippen LogP contribution in [0.1, 0.15) is 32.7 Å². The summed E-state index contributed by atoms with van der Waals surface area (Å²) in [5, 5.41) is 17.5. The topological polar surface area (TPSA) is 105 Å². The van der Waals surface area contributed by atoms with Gasteiger partial charge >= 0.3 is 0 Å². The average Bonchev–Trinajstić information content (AvgIpc) is 3.19. The number of nitrogens with one attached hydrogen (secondary N) is 2. The van der Waals surface area contributed by atoms with Gasteiger partial charge in [-0.2, -0.15) is 0 Å². The van der Waals surface area contributed by atoms with E-state index in [4.69, 9.17) is 0 Å². The van der Waals surface area contributed by atoms with E-state index in [1.54, 1.807) is 49.3 Å². The van der Waals surface area contributed by atoms with Gasteiger partial charge in [0, 0.05) is 43.9 Å². The van der Waals surface area contributed by atoms with Crippen LogP contribution in [0, 0.1) is 10.1 Å². The number of carbonyl (C=O) groups excluding carboxylic acids is 2. The van der Waals surface area contributed by atoms with Crippen molar-refractivity contribution < 1.29 is 14.5 Å². The lowest BCUT2D eigenvalue weighted by Crippen LogP contribution is -2.36. The molecule has 1 atom stereocenters. The first-order chi connectivity index (χ1) is 13.4. The van der Waals surface area contributed by atoms with Crippen molar-refractivity contribution >= 4 is 23.1 Å². The zero-order valence-electron chi connectivity index (χ0n) is 15.8. The van der Waals surface area contributed by atoms with Crippen molar-refractivity contribution in [2.75, 3.05) is 32.1 Å². The van der Waals surface area contributed by atoms with Crippen LogP contribution in [0.3, 0.4) is 0 Å². The molecule has 0 aliphatic carbocycles. The quantitative estimate of drug-likeness (QED) is 0.450. The molecule has 2 N–H and O–H groups in total. The van der Waals surface area contributed by atoms with Crippen molar-refractivity contribution in [1.29, 1.82) is 0 Å². The van der Waals surface area contributed by atoms with Crippen LogP contribution in [-0.4, -0.2) is 49.8 Å². The molecule has 1 heterocycles. The minimum absolute atomic E-state index is 0.0242. The number of nitro benzene ring substituents is 1. The second-order valence-corrected chi connectivity index (χ2v) is 6.89. The molecule has 3 rings (SSSR count). The Morgan fingerprint density at radius 1 is 1.18 bits per heavy atom. The monoisotopic (exact) mass is 382 g/mol. The van der Waals surface area contributed by atoms with Gasteiger partial charge in [-0.15, -0.1) is 0 Å². The van der Waals surface area contributed by atoms with E-state index in [1.165, 1.54) is 12.1 Å². The molecule has 1 amide bonds. The Bertz CT molecular complexity index is 920. The summed E-state index contributed by atoms with van der Waals surface area (Å²) in [7, 11) is 3.39. The molecule has 1 aliphatic rings. The molecule has 1 fully saturated rings. The van der Waals surface area contributed by atoms with Crippen LogP contribution in [0.2, 0.25) is 0 Å². The van der Waals surface area contributed by atoms with Crippen molar-refractivity contribution in [3.8, 4) is 0 Å². The minimum atomic E-state index is -0.516. The second kappa shape index (κ2) is 8.18. The second-order valence-electron chi connectivity index (χ2n) is 6.89. The van der Waals surface area contributed by atoms with Gasteiger partial charge in [-0.1, -0.05) is 18.2 Å². The lowest BCUT2D eigenvalue weighted by Gasteiger charge is -2.15. The van der Waals surface area contributed by atoms with Gasteiger partial charge in [-0.25, -0.2) is 0 Å². The first-order valence-electron chi connectivity index (χ1n) is 8.99. The van der Waals surface area contributed by atoms with Gasteiger partial charge in [-0.05, 0) is 31.2 Å². The highest BCUT2D eigenvalue weighted by Crippen LogP contribution is 2.29. The smallest absolute Gasteiger partial charge is 0.293 e. The molecule has 28 heavy (non-hydrogen) atoms. The highest BCUT2D eigenvalue weighted by molar-refractivity contribution is 6.15. The van der Waals surface area contributed by atoms with Crippen molar-refractivity contribution in [2.45, 2.75) is 12.5 Å². The first kappa shape index (κ1) is 19.5. The summed E-state index contributed by atoms with van der Waals surface area (Å²) in [4.78, 5) is 38.2. The summed E-state index contributed by atoms with van der Waals surface area (Å²) in [6.07, 6.45) is 0.833. The minimum Gasteiger partial charge on any atom is -0.372 e. The molecule has 2 aromatic carbocycles. The summed E-state index contributed by atoms with van der Waals surface area (Å²) in [6, 6.07) is 10.9. The van der Waals surface area contributed by atoms with Crippen molar-refractivity contribution in [2.24, 2.45) is 0 Å². The third-order valence-electron chi connectivity index (χ3n) is 4.73. The molecule has 0 bridgehead atoms. The molecule has 8 nitrogen and oxygen atoms in total. The van der Waals surface area contributed by atoms with E-state index in [1.807, 2.05) is 0 Å². The highest BCUT2D eigenvalue weighted by atomic mass is 16.6. The molecule has 0 saturated carbocycles. The summed E-state index contributed by atoms with van der Waals surface area (Å²) in [6.45, 7) is 1.54. The zero-order valence-corrected chi connectivity index (χ0v) is 15.8. The van der Waals surface area contributed by atoms with Crippen LogP contribution >= 0.6 is 0 Å². The molecule has 0 radical (unpaired) electrons. The fourth-order valence-electron chi connectivity index (χ4n) is 3.26. The van der Waals surface area contributed by atoms with Gasteiger partial charge in [-0.3, -0.25) is 19.7 Å². The molecule has 8 heteroatoms. The number of amides is 1. The Labute approximate surface area is 162 Å². The van der Waals surface area contributed by atoms with Crippen LogP contribution in [-0.2, 0) is 0 Å². The molecule has 1 aliphatic heterocycles. The standard InChI is InChI=1S/C20H22N4O4/c1-23(2)17-8-7-13(11-18(17)24(27)28)19(25)15-5-3-4-6-16(15)20(26)22-14-9-10-21-12-14/h3-8,11,14,21H,9-10,12H2,1-2H3,(H,22,26). The van der Waals surface area contributed by atoms with Crippen molar-refractivity contribution in [3.63, 3.8) is 0 Å². The molecular weight excluding hydrogens is 360 g/mol.